The van der Waals surface area contributed by atoms with E-state index in [0.29, 0.717) is 0 Å². The van der Waals surface area contributed by atoms with Crippen molar-refractivity contribution in [3.05, 3.63) is 35.4 Å². The Morgan fingerprint density at radius 3 is 2.38 bits per heavy atom. The summed E-state index contributed by atoms with van der Waals surface area (Å²) in [5, 5.41) is 2.36. The van der Waals surface area contributed by atoms with E-state index in [4.69, 9.17) is 0 Å². The van der Waals surface area contributed by atoms with E-state index in [-0.39, 0.29) is 11.3 Å². The summed E-state index contributed by atoms with van der Waals surface area (Å²) in [6.07, 6.45) is 0. The summed E-state index contributed by atoms with van der Waals surface area (Å²) >= 11 is 0. The Morgan fingerprint density at radius 2 is 1.88 bits per heavy atom. The molecule has 1 rings (SSSR count). The number of hydrogen-bond donors (Lipinski definition) is 1. The predicted octanol–water partition coefficient (Wildman–Crippen LogP) is 1.67. The largest absolute Gasteiger partial charge is 0.343 e. The first kappa shape index (κ1) is 12.3. The van der Waals surface area contributed by atoms with Crippen molar-refractivity contribution in [2.75, 3.05) is 0 Å². The van der Waals surface area contributed by atoms with Gasteiger partial charge in [0.25, 0.3) is 5.91 Å². The zero-order chi connectivity index (χ0) is 12.3. The van der Waals surface area contributed by atoms with Gasteiger partial charge in [-0.2, -0.15) is 0 Å². The zero-order valence-corrected chi connectivity index (χ0v) is 8.88. The molecule has 0 fully saturated rings. The molecule has 0 heterocycles. The summed E-state index contributed by atoms with van der Waals surface area (Å²) in [6.45, 7) is 2.84. The van der Waals surface area contributed by atoms with Gasteiger partial charge in [0, 0.05) is 5.56 Å². The van der Waals surface area contributed by atoms with Gasteiger partial charge < -0.3 is 5.32 Å². The third kappa shape index (κ3) is 2.85. The van der Waals surface area contributed by atoms with Crippen molar-refractivity contribution in [3.63, 3.8) is 0 Å². The highest BCUT2D eigenvalue weighted by atomic mass is 19.2. The summed E-state index contributed by atoms with van der Waals surface area (Å²) in [6, 6.07) is 2.15. The summed E-state index contributed by atoms with van der Waals surface area (Å²) in [7, 11) is 0. The second-order valence-electron chi connectivity index (χ2n) is 3.43. The highest BCUT2D eigenvalue weighted by molar-refractivity contribution is 5.97. The molecular formula is C11H11F2NO2. The maximum atomic E-state index is 12.8. The fourth-order valence-corrected chi connectivity index (χ4v) is 1.02. The number of benzene rings is 1. The first-order chi connectivity index (χ1) is 7.41. The smallest absolute Gasteiger partial charge is 0.251 e. The van der Waals surface area contributed by atoms with Crippen LogP contribution in [0.3, 0.4) is 0 Å². The van der Waals surface area contributed by atoms with Gasteiger partial charge in [-0.1, -0.05) is 0 Å². The van der Waals surface area contributed by atoms with E-state index in [0.717, 1.165) is 18.2 Å². The molecule has 1 amide bonds. The van der Waals surface area contributed by atoms with Crippen molar-refractivity contribution < 1.29 is 18.4 Å². The average Bonchev–Trinajstić information content (AvgIpc) is 2.21. The molecule has 0 aliphatic heterocycles. The highest BCUT2D eigenvalue weighted by Gasteiger charge is 2.14. The normalized spacial score (nSPS) is 12.0. The van der Waals surface area contributed by atoms with Gasteiger partial charge in [-0.3, -0.25) is 9.59 Å². The number of halogens is 2. The van der Waals surface area contributed by atoms with Crippen molar-refractivity contribution in [1.29, 1.82) is 0 Å². The van der Waals surface area contributed by atoms with Crippen molar-refractivity contribution in [3.8, 4) is 0 Å². The predicted molar refractivity (Wildman–Crippen MR) is 54.0 cm³/mol. The first-order valence-corrected chi connectivity index (χ1v) is 4.68. The molecule has 0 saturated carbocycles. The Labute approximate surface area is 91.5 Å². The standard InChI is InChI=1S/C11H11F2NO2/c1-6(7(2)15)14-11(16)8-3-4-9(12)10(13)5-8/h3-6H,1-2H3,(H,14,16). The Bertz CT molecular complexity index is 432. The van der Waals surface area contributed by atoms with E-state index in [2.05, 4.69) is 5.32 Å². The number of carbonyl (C=O) groups excluding carboxylic acids is 2. The van der Waals surface area contributed by atoms with E-state index in [1.54, 1.807) is 0 Å². The lowest BCUT2D eigenvalue weighted by Gasteiger charge is -2.10. The van der Waals surface area contributed by atoms with Crippen LogP contribution in [0.15, 0.2) is 18.2 Å². The van der Waals surface area contributed by atoms with Crippen LogP contribution >= 0.6 is 0 Å². The third-order valence-electron chi connectivity index (χ3n) is 2.14. The molecule has 0 bridgehead atoms. The Balaban J connectivity index is 2.81. The Kier molecular flexibility index (Phi) is 3.71. The molecule has 1 aromatic carbocycles. The van der Waals surface area contributed by atoms with E-state index in [1.807, 2.05) is 0 Å². The molecule has 0 aliphatic rings. The Morgan fingerprint density at radius 1 is 1.25 bits per heavy atom. The molecule has 1 unspecified atom stereocenters. The van der Waals surface area contributed by atoms with Crippen LogP contribution in [0.1, 0.15) is 24.2 Å². The molecule has 16 heavy (non-hydrogen) atoms. The molecule has 0 aromatic heterocycles. The molecule has 0 radical (unpaired) electrons. The van der Waals surface area contributed by atoms with Crippen LogP contribution in [0.25, 0.3) is 0 Å². The lowest BCUT2D eigenvalue weighted by molar-refractivity contribution is -0.118. The van der Waals surface area contributed by atoms with Crippen molar-refractivity contribution in [2.45, 2.75) is 19.9 Å². The summed E-state index contributed by atoms with van der Waals surface area (Å²) in [4.78, 5) is 22.4. The number of rotatable bonds is 3. The van der Waals surface area contributed by atoms with Gasteiger partial charge in [0.15, 0.2) is 17.4 Å². The van der Waals surface area contributed by atoms with Gasteiger partial charge in [0.2, 0.25) is 0 Å². The fourth-order valence-electron chi connectivity index (χ4n) is 1.02. The third-order valence-corrected chi connectivity index (χ3v) is 2.14. The van der Waals surface area contributed by atoms with E-state index in [1.165, 1.54) is 13.8 Å². The summed E-state index contributed by atoms with van der Waals surface area (Å²) in [5.41, 5.74) is -0.0213. The van der Waals surface area contributed by atoms with Gasteiger partial charge in [-0.25, -0.2) is 8.78 Å². The van der Waals surface area contributed by atoms with Crippen LogP contribution < -0.4 is 5.32 Å². The summed E-state index contributed by atoms with van der Waals surface area (Å²) in [5.74, 6) is -2.93. The topological polar surface area (TPSA) is 46.2 Å². The number of Topliss-reactive ketones (excluding diaryl/α,β-unsaturated/α-hetero) is 1. The minimum atomic E-state index is -1.09. The molecule has 1 N–H and O–H groups in total. The molecular weight excluding hydrogens is 216 g/mol. The first-order valence-electron chi connectivity index (χ1n) is 4.68. The van der Waals surface area contributed by atoms with Crippen LogP contribution in [0, 0.1) is 11.6 Å². The Hall–Kier alpha value is -1.78. The number of hydrogen-bond acceptors (Lipinski definition) is 2. The number of carbonyl (C=O) groups is 2. The SMILES string of the molecule is CC(=O)C(C)NC(=O)c1ccc(F)c(F)c1. The number of amides is 1. The maximum Gasteiger partial charge on any atom is 0.251 e. The lowest BCUT2D eigenvalue weighted by Crippen LogP contribution is -2.37. The van der Waals surface area contributed by atoms with Crippen LogP contribution in [0.2, 0.25) is 0 Å². The highest BCUT2D eigenvalue weighted by Crippen LogP contribution is 2.08. The zero-order valence-electron chi connectivity index (χ0n) is 8.88. The van der Waals surface area contributed by atoms with Gasteiger partial charge in [-0.15, -0.1) is 0 Å². The van der Waals surface area contributed by atoms with E-state index >= 15 is 0 Å². The minimum absolute atomic E-state index is 0.0213. The minimum Gasteiger partial charge on any atom is -0.343 e. The molecule has 1 atom stereocenters. The molecule has 3 nitrogen and oxygen atoms in total. The lowest BCUT2D eigenvalue weighted by atomic mass is 10.1. The molecule has 86 valence electrons. The van der Waals surface area contributed by atoms with Gasteiger partial charge in [0.1, 0.15) is 0 Å². The van der Waals surface area contributed by atoms with Crippen LogP contribution in [-0.4, -0.2) is 17.7 Å². The fraction of sp³-hybridized carbons (Fsp3) is 0.273. The van der Waals surface area contributed by atoms with E-state index in [9.17, 15) is 18.4 Å². The summed E-state index contributed by atoms with van der Waals surface area (Å²) < 4.78 is 25.4. The monoisotopic (exact) mass is 227 g/mol. The maximum absolute atomic E-state index is 12.8. The number of ketones is 1. The molecule has 0 saturated heterocycles. The molecule has 1 aromatic rings. The quantitative estimate of drug-likeness (QED) is 0.853. The van der Waals surface area contributed by atoms with E-state index < -0.39 is 23.6 Å². The molecule has 0 spiro atoms. The van der Waals surface area contributed by atoms with Crippen LogP contribution in [-0.2, 0) is 4.79 Å². The average molecular weight is 227 g/mol. The van der Waals surface area contributed by atoms with Gasteiger partial charge in [-0.05, 0) is 32.0 Å². The van der Waals surface area contributed by atoms with Crippen molar-refractivity contribution in [2.24, 2.45) is 0 Å². The van der Waals surface area contributed by atoms with Gasteiger partial charge in [0.05, 0.1) is 6.04 Å². The van der Waals surface area contributed by atoms with Crippen LogP contribution in [0.5, 0.6) is 0 Å². The van der Waals surface area contributed by atoms with Crippen LogP contribution in [0.4, 0.5) is 8.78 Å². The second kappa shape index (κ2) is 4.83. The van der Waals surface area contributed by atoms with Crippen molar-refractivity contribution >= 4 is 11.7 Å². The van der Waals surface area contributed by atoms with Crippen molar-refractivity contribution in [1.82, 2.24) is 5.32 Å². The molecule has 5 heteroatoms. The molecule has 0 aliphatic carbocycles. The number of nitrogens with one attached hydrogen (secondary N) is 1. The second-order valence-corrected chi connectivity index (χ2v) is 3.43. The van der Waals surface area contributed by atoms with Gasteiger partial charge >= 0.3 is 0 Å².